The third kappa shape index (κ3) is 8.65. The number of nitrogens with one attached hydrogen (secondary N) is 4. The molecule has 226 valence electrons. The molecule has 0 aliphatic heterocycles. The zero-order valence-corrected chi connectivity index (χ0v) is 22.2. The molecular weight excluding hydrogens is 607 g/mol. The van der Waals surface area contributed by atoms with Crippen molar-refractivity contribution in [2.24, 2.45) is 0 Å². The molecule has 10 nitrogen and oxygen atoms in total. The molecule has 6 N–H and O–H groups in total. The van der Waals surface area contributed by atoms with Gasteiger partial charge >= 0.3 is 24.1 Å². The van der Waals surface area contributed by atoms with Crippen LogP contribution in [0.2, 0.25) is 5.02 Å². The summed E-state index contributed by atoms with van der Waals surface area (Å²) in [6.45, 7) is 0. The standard InChI is InChI=1S/C25H19ClF2N4O4.C2HF3O2/c26-16-6-2-4-8-20(16)31-25(36)32-21-11-18(28)17(27)10-15(21)23(33)30-22(24(34)35)9-13-12-29-19-7-3-1-5-14(13)19;3-2(4,5)1(6)7/h1-8,10-12,22,29H,9H2,(H,30,33)(H,34,35)(H2,31,32,36);(H,6,7)/t22-;/m0./s1. The van der Waals surface area contributed by atoms with E-state index in [2.05, 4.69) is 20.9 Å². The zero-order valence-electron chi connectivity index (χ0n) is 21.4. The number of anilines is 2. The summed E-state index contributed by atoms with van der Waals surface area (Å²) in [4.78, 5) is 49.2. The van der Waals surface area contributed by atoms with Gasteiger partial charge in [-0.3, -0.25) is 4.79 Å². The number of carboxylic acids is 2. The van der Waals surface area contributed by atoms with Gasteiger partial charge in [0.25, 0.3) is 5.91 Å². The lowest BCUT2D eigenvalue weighted by Crippen LogP contribution is -2.42. The first-order valence-corrected chi connectivity index (χ1v) is 12.3. The first-order valence-electron chi connectivity index (χ1n) is 11.9. The molecule has 1 heterocycles. The molecule has 0 radical (unpaired) electrons. The minimum Gasteiger partial charge on any atom is -0.480 e. The predicted octanol–water partition coefficient (Wildman–Crippen LogP) is 5.80. The van der Waals surface area contributed by atoms with E-state index in [4.69, 9.17) is 21.5 Å². The second-order valence-corrected chi connectivity index (χ2v) is 9.01. The topological polar surface area (TPSA) is 161 Å². The molecule has 4 aromatic rings. The summed E-state index contributed by atoms with van der Waals surface area (Å²) in [5, 5.41) is 24.9. The van der Waals surface area contributed by atoms with Gasteiger partial charge in [-0.05, 0) is 29.8 Å². The summed E-state index contributed by atoms with van der Waals surface area (Å²) >= 11 is 6.01. The van der Waals surface area contributed by atoms with Crippen molar-refractivity contribution in [3.8, 4) is 0 Å². The summed E-state index contributed by atoms with van der Waals surface area (Å²) < 4.78 is 59.7. The van der Waals surface area contributed by atoms with Crippen LogP contribution in [-0.4, -0.2) is 51.3 Å². The molecule has 3 aromatic carbocycles. The number of aliphatic carboxylic acids is 2. The van der Waals surface area contributed by atoms with Gasteiger partial charge in [-0.15, -0.1) is 0 Å². The summed E-state index contributed by atoms with van der Waals surface area (Å²) in [6.07, 6.45) is -3.53. The SMILES string of the molecule is O=C(Nc1ccccc1Cl)Nc1cc(F)c(F)cc1C(=O)N[C@@H](Cc1c[nH]c2ccccc12)C(=O)O.O=C(O)C(F)(F)F. The maximum atomic E-state index is 14.0. The van der Waals surface area contributed by atoms with E-state index in [1.54, 1.807) is 30.5 Å². The number of benzene rings is 3. The van der Waals surface area contributed by atoms with Crippen molar-refractivity contribution < 1.29 is 51.3 Å². The molecule has 0 unspecified atom stereocenters. The third-order valence-electron chi connectivity index (χ3n) is 5.62. The first-order chi connectivity index (χ1) is 20.2. The van der Waals surface area contributed by atoms with Gasteiger partial charge < -0.3 is 31.1 Å². The minimum absolute atomic E-state index is 0.0789. The number of aromatic nitrogens is 1. The van der Waals surface area contributed by atoms with E-state index >= 15 is 0 Å². The lowest BCUT2D eigenvalue weighted by atomic mass is 10.0. The Balaban J connectivity index is 0.000000646. The van der Waals surface area contributed by atoms with Gasteiger partial charge in [0, 0.05) is 29.6 Å². The summed E-state index contributed by atoms with van der Waals surface area (Å²) in [5.74, 6) is -7.77. The van der Waals surface area contributed by atoms with Crippen molar-refractivity contribution in [2.45, 2.75) is 18.6 Å². The molecule has 0 saturated heterocycles. The van der Waals surface area contributed by atoms with E-state index < -0.39 is 53.3 Å². The number of hydrogen-bond donors (Lipinski definition) is 6. The Morgan fingerprint density at radius 1 is 0.884 bits per heavy atom. The normalized spacial score (nSPS) is 11.6. The molecule has 1 aromatic heterocycles. The average molecular weight is 627 g/mol. The maximum absolute atomic E-state index is 14.0. The molecule has 4 rings (SSSR count). The smallest absolute Gasteiger partial charge is 0.480 e. The van der Waals surface area contributed by atoms with Crippen molar-refractivity contribution in [2.75, 3.05) is 10.6 Å². The van der Waals surface area contributed by atoms with E-state index in [9.17, 15) is 41.4 Å². The van der Waals surface area contributed by atoms with Crippen LogP contribution in [0, 0.1) is 11.6 Å². The molecule has 0 aliphatic carbocycles. The first kappa shape index (κ1) is 32.3. The second kappa shape index (κ2) is 13.7. The number of H-pyrrole nitrogens is 1. The van der Waals surface area contributed by atoms with Gasteiger partial charge in [0.2, 0.25) is 0 Å². The molecular formula is C27H20ClF5N4O6. The number of alkyl halides is 3. The number of aromatic amines is 1. The van der Waals surface area contributed by atoms with Crippen LogP contribution in [0.25, 0.3) is 10.9 Å². The van der Waals surface area contributed by atoms with Crippen molar-refractivity contribution >= 4 is 57.8 Å². The van der Waals surface area contributed by atoms with Crippen LogP contribution in [-0.2, 0) is 16.0 Å². The molecule has 1 atom stereocenters. The maximum Gasteiger partial charge on any atom is 0.490 e. The Kier molecular flexibility index (Phi) is 10.3. The highest BCUT2D eigenvalue weighted by atomic mass is 35.5. The number of halogens is 6. The largest absolute Gasteiger partial charge is 0.490 e. The van der Waals surface area contributed by atoms with Crippen LogP contribution in [0.15, 0.2) is 66.9 Å². The van der Waals surface area contributed by atoms with Crippen LogP contribution in [0.1, 0.15) is 15.9 Å². The number of carboxylic acid groups (broad SMARTS) is 2. The fourth-order valence-electron chi connectivity index (χ4n) is 3.63. The van der Waals surface area contributed by atoms with Gasteiger partial charge in [-0.1, -0.05) is 41.9 Å². The highest BCUT2D eigenvalue weighted by Crippen LogP contribution is 2.24. The summed E-state index contributed by atoms with van der Waals surface area (Å²) in [7, 11) is 0. The van der Waals surface area contributed by atoms with Gasteiger partial charge in [0.1, 0.15) is 6.04 Å². The van der Waals surface area contributed by atoms with Gasteiger partial charge in [0.05, 0.1) is 22.0 Å². The molecule has 0 fully saturated rings. The van der Waals surface area contributed by atoms with Crippen molar-refractivity contribution in [1.82, 2.24) is 10.3 Å². The summed E-state index contributed by atoms with van der Waals surface area (Å²) in [5.41, 5.74) is 0.844. The van der Waals surface area contributed by atoms with Gasteiger partial charge in [-0.2, -0.15) is 13.2 Å². The third-order valence-corrected chi connectivity index (χ3v) is 5.95. The molecule has 0 aliphatic rings. The molecule has 0 saturated carbocycles. The number of rotatable bonds is 7. The average Bonchev–Trinajstić information content (AvgIpc) is 3.34. The van der Waals surface area contributed by atoms with Crippen LogP contribution < -0.4 is 16.0 Å². The van der Waals surface area contributed by atoms with Crippen LogP contribution in [0.5, 0.6) is 0 Å². The van der Waals surface area contributed by atoms with Gasteiger partial charge in [-0.25, -0.2) is 23.2 Å². The summed E-state index contributed by atoms with van der Waals surface area (Å²) in [6, 6.07) is 12.5. The lowest BCUT2D eigenvalue weighted by molar-refractivity contribution is -0.192. The molecule has 0 bridgehead atoms. The number of hydrogen-bond acceptors (Lipinski definition) is 4. The van der Waals surface area contributed by atoms with E-state index in [0.29, 0.717) is 17.7 Å². The number of carbonyl (C=O) groups excluding carboxylic acids is 2. The number of amides is 3. The Morgan fingerprint density at radius 2 is 1.47 bits per heavy atom. The second-order valence-electron chi connectivity index (χ2n) is 8.60. The molecule has 3 amide bonds. The molecule has 16 heteroatoms. The monoisotopic (exact) mass is 626 g/mol. The fraction of sp³-hybridized carbons (Fsp3) is 0.111. The lowest BCUT2D eigenvalue weighted by Gasteiger charge is -2.17. The van der Waals surface area contributed by atoms with Crippen molar-refractivity contribution in [1.29, 1.82) is 0 Å². The van der Waals surface area contributed by atoms with E-state index in [1.165, 1.54) is 12.1 Å². The number of urea groups is 1. The fourth-order valence-corrected chi connectivity index (χ4v) is 3.82. The van der Waals surface area contributed by atoms with Crippen molar-refractivity contribution in [3.63, 3.8) is 0 Å². The number of fused-ring (bicyclic) bond motifs is 1. The Morgan fingerprint density at radius 3 is 2.09 bits per heavy atom. The minimum atomic E-state index is -5.08. The van der Waals surface area contributed by atoms with Crippen molar-refractivity contribution in [3.05, 3.63) is 94.6 Å². The van der Waals surface area contributed by atoms with E-state index in [0.717, 1.165) is 10.9 Å². The van der Waals surface area contributed by atoms with E-state index in [1.807, 2.05) is 12.1 Å². The quantitative estimate of drug-likeness (QED) is 0.142. The van der Waals surface area contributed by atoms with Crippen LogP contribution in [0.4, 0.5) is 38.1 Å². The molecule has 0 spiro atoms. The Bertz CT molecular complexity index is 1680. The predicted molar refractivity (Wildman–Crippen MR) is 145 cm³/mol. The highest BCUT2D eigenvalue weighted by Gasteiger charge is 2.38. The molecule has 43 heavy (non-hydrogen) atoms. The number of carbonyl (C=O) groups is 4. The van der Waals surface area contributed by atoms with Gasteiger partial charge in [0.15, 0.2) is 11.6 Å². The zero-order chi connectivity index (χ0) is 31.9. The van der Waals surface area contributed by atoms with Crippen LogP contribution >= 0.6 is 11.6 Å². The van der Waals surface area contributed by atoms with Crippen LogP contribution in [0.3, 0.4) is 0 Å². The van der Waals surface area contributed by atoms with E-state index in [-0.39, 0.29) is 22.8 Å². The Labute approximate surface area is 243 Å². The number of para-hydroxylation sites is 2. The highest BCUT2D eigenvalue weighted by molar-refractivity contribution is 6.33. The Hall–Kier alpha value is -5.18.